The molecule has 0 saturated heterocycles. The third kappa shape index (κ3) is 4.75. The molecule has 0 saturated carbocycles. The van der Waals surface area contributed by atoms with Crippen LogP contribution in [-0.2, 0) is 11.3 Å². The lowest BCUT2D eigenvalue weighted by molar-refractivity contribution is 0.108. The third-order valence-corrected chi connectivity index (χ3v) is 3.17. The molecule has 0 aliphatic carbocycles. The van der Waals surface area contributed by atoms with Crippen molar-refractivity contribution in [2.45, 2.75) is 40.3 Å². The van der Waals surface area contributed by atoms with Crippen LogP contribution in [0.4, 0.5) is 4.39 Å². The maximum atomic E-state index is 13.0. The van der Waals surface area contributed by atoms with Gasteiger partial charge in [0.05, 0.1) is 6.61 Å². The molecule has 3 heteroatoms. The van der Waals surface area contributed by atoms with Gasteiger partial charge < -0.3 is 10.1 Å². The highest BCUT2D eigenvalue weighted by Gasteiger charge is 2.13. The lowest BCUT2D eigenvalue weighted by Gasteiger charge is -2.22. The first-order valence-corrected chi connectivity index (χ1v) is 6.60. The second kappa shape index (κ2) is 7.49. The van der Waals surface area contributed by atoms with E-state index >= 15 is 0 Å². The number of ether oxygens (including phenoxy) is 1. The molecule has 1 aromatic rings. The Morgan fingerprint density at radius 1 is 1.33 bits per heavy atom. The molecule has 0 aliphatic rings. The second-order valence-corrected chi connectivity index (χ2v) is 4.96. The summed E-state index contributed by atoms with van der Waals surface area (Å²) in [6, 6.07) is 5.26. The van der Waals surface area contributed by atoms with Gasteiger partial charge in [-0.05, 0) is 43.0 Å². The summed E-state index contributed by atoms with van der Waals surface area (Å²) in [5.41, 5.74) is 2.12. The molecule has 2 nitrogen and oxygen atoms in total. The Bertz CT molecular complexity index is 366. The third-order valence-electron chi connectivity index (χ3n) is 3.17. The molecule has 1 aromatic carbocycles. The Labute approximate surface area is 110 Å². The number of hydrogen-bond acceptors (Lipinski definition) is 2. The molecule has 0 amide bonds. The van der Waals surface area contributed by atoms with Gasteiger partial charge >= 0.3 is 0 Å². The van der Waals surface area contributed by atoms with Gasteiger partial charge in [0.1, 0.15) is 5.82 Å². The van der Waals surface area contributed by atoms with E-state index in [0.29, 0.717) is 18.6 Å². The fourth-order valence-corrected chi connectivity index (χ4v) is 1.83. The SMILES string of the molecule is CCOCC(NCc1ccc(F)cc1C)C(C)C. The van der Waals surface area contributed by atoms with Crippen LogP contribution in [-0.4, -0.2) is 19.3 Å². The highest BCUT2D eigenvalue weighted by Crippen LogP contribution is 2.11. The van der Waals surface area contributed by atoms with Crippen molar-refractivity contribution < 1.29 is 9.13 Å². The number of rotatable bonds is 7. The molecule has 0 aliphatic heterocycles. The normalized spacial score (nSPS) is 13.0. The van der Waals surface area contributed by atoms with Crippen molar-refractivity contribution in [2.24, 2.45) is 5.92 Å². The van der Waals surface area contributed by atoms with E-state index in [1.54, 1.807) is 6.07 Å². The molecule has 1 N–H and O–H groups in total. The largest absolute Gasteiger partial charge is 0.380 e. The van der Waals surface area contributed by atoms with Crippen molar-refractivity contribution in [3.05, 3.63) is 35.1 Å². The summed E-state index contributed by atoms with van der Waals surface area (Å²) in [4.78, 5) is 0. The Kier molecular flexibility index (Phi) is 6.30. The summed E-state index contributed by atoms with van der Waals surface area (Å²) in [5, 5.41) is 3.48. The monoisotopic (exact) mass is 253 g/mol. The van der Waals surface area contributed by atoms with Gasteiger partial charge in [0.15, 0.2) is 0 Å². The van der Waals surface area contributed by atoms with E-state index in [4.69, 9.17) is 4.74 Å². The van der Waals surface area contributed by atoms with E-state index < -0.39 is 0 Å². The van der Waals surface area contributed by atoms with Crippen LogP contribution in [0.2, 0.25) is 0 Å². The molecule has 102 valence electrons. The summed E-state index contributed by atoms with van der Waals surface area (Å²) < 4.78 is 18.5. The lowest BCUT2D eigenvalue weighted by atomic mass is 10.0. The molecule has 0 fully saturated rings. The number of nitrogens with one attached hydrogen (secondary N) is 1. The minimum absolute atomic E-state index is 0.175. The summed E-state index contributed by atoms with van der Waals surface area (Å²) in [7, 11) is 0. The highest BCUT2D eigenvalue weighted by molar-refractivity contribution is 5.26. The summed E-state index contributed by atoms with van der Waals surface area (Å²) in [6.45, 7) is 10.5. The zero-order valence-electron chi connectivity index (χ0n) is 11.8. The number of aryl methyl sites for hydroxylation is 1. The number of benzene rings is 1. The van der Waals surface area contributed by atoms with Gasteiger partial charge in [0.2, 0.25) is 0 Å². The first kappa shape index (κ1) is 15.1. The molecule has 0 heterocycles. The molecule has 0 bridgehead atoms. The smallest absolute Gasteiger partial charge is 0.123 e. The molecule has 0 spiro atoms. The predicted octanol–water partition coefficient (Wildman–Crippen LogP) is 3.28. The maximum absolute atomic E-state index is 13.0. The zero-order valence-corrected chi connectivity index (χ0v) is 11.8. The van der Waals surface area contributed by atoms with E-state index in [-0.39, 0.29) is 5.82 Å². The van der Waals surface area contributed by atoms with Crippen LogP contribution in [0.5, 0.6) is 0 Å². The van der Waals surface area contributed by atoms with Crippen LogP contribution in [0.25, 0.3) is 0 Å². The lowest BCUT2D eigenvalue weighted by Crippen LogP contribution is -2.37. The summed E-state index contributed by atoms with van der Waals surface area (Å²) >= 11 is 0. The van der Waals surface area contributed by atoms with Gasteiger partial charge in [-0.15, -0.1) is 0 Å². The van der Waals surface area contributed by atoms with Crippen LogP contribution in [0.15, 0.2) is 18.2 Å². The van der Waals surface area contributed by atoms with Gasteiger partial charge in [-0.3, -0.25) is 0 Å². The minimum Gasteiger partial charge on any atom is -0.380 e. The molecule has 1 unspecified atom stereocenters. The van der Waals surface area contributed by atoms with Gasteiger partial charge in [0, 0.05) is 19.2 Å². The van der Waals surface area contributed by atoms with Gasteiger partial charge in [-0.2, -0.15) is 0 Å². The topological polar surface area (TPSA) is 21.3 Å². The fourth-order valence-electron chi connectivity index (χ4n) is 1.83. The zero-order chi connectivity index (χ0) is 13.5. The van der Waals surface area contributed by atoms with Crippen LogP contribution in [0.1, 0.15) is 31.9 Å². The van der Waals surface area contributed by atoms with Crippen molar-refractivity contribution in [1.29, 1.82) is 0 Å². The maximum Gasteiger partial charge on any atom is 0.123 e. The molecule has 0 aromatic heterocycles. The predicted molar refractivity (Wildman–Crippen MR) is 73.1 cm³/mol. The molecular formula is C15H24FNO. The Morgan fingerprint density at radius 2 is 2.06 bits per heavy atom. The van der Waals surface area contributed by atoms with Crippen LogP contribution in [0, 0.1) is 18.7 Å². The van der Waals surface area contributed by atoms with Crippen molar-refractivity contribution in [2.75, 3.05) is 13.2 Å². The quantitative estimate of drug-likeness (QED) is 0.805. The van der Waals surface area contributed by atoms with Crippen molar-refractivity contribution in [3.8, 4) is 0 Å². The Balaban J connectivity index is 2.55. The van der Waals surface area contributed by atoms with E-state index in [9.17, 15) is 4.39 Å². The van der Waals surface area contributed by atoms with Gasteiger partial charge in [0.25, 0.3) is 0 Å². The van der Waals surface area contributed by atoms with E-state index in [0.717, 1.165) is 24.3 Å². The van der Waals surface area contributed by atoms with E-state index in [2.05, 4.69) is 19.2 Å². The van der Waals surface area contributed by atoms with Gasteiger partial charge in [-0.25, -0.2) is 4.39 Å². The average molecular weight is 253 g/mol. The van der Waals surface area contributed by atoms with Gasteiger partial charge in [-0.1, -0.05) is 19.9 Å². The van der Waals surface area contributed by atoms with Crippen LogP contribution < -0.4 is 5.32 Å². The summed E-state index contributed by atoms with van der Waals surface area (Å²) in [6.07, 6.45) is 0. The van der Waals surface area contributed by atoms with Crippen LogP contribution in [0.3, 0.4) is 0 Å². The highest BCUT2D eigenvalue weighted by atomic mass is 19.1. The molecule has 0 radical (unpaired) electrons. The summed E-state index contributed by atoms with van der Waals surface area (Å²) in [5.74, 6) is 0.336. The van der Waals surface area contributed by atoms with Crippen molar-refractivity contribution in [3.63, 3.8) is 0 Å². The molecular weight excluding hydrogens is 229 g/mol. The van der Waals surface area contributed by atoms with Crippen molar-refractivity contribution in [1.82, 2.24) is 5.32 Å². The first-order chi connectivity index (χ1) is 8.54. The van der Waals surface area contributed by atoms with Crippen molar-refractivity contribution >= 4 is 0 Å². The standard InChI is InChI=1S/C15H24FNO/c1-5-18-10-15(11(2)3)17-9-13-6-7-14(16)8-12(13)4/h6-8,11,15,17H,5,9-10H2,1-4H3. The molecule has 18 heavy (non-hydrogen) atoms. The first-order valence-electron chi connectivity index (χ1n) is 6.60. The minimum atomic E-state index is -0.175. The van der Waals surface area contributed by atoms with Crippen LogP contribution >= 0.6 is 0 Å². The fraction of sp³-hybridized carbons (Fsp3) is 0.600. The van der Waals surface area contributed by atoms with E-state index in [1.807, 2.05) is 19.9 Å². The molecule has 1 rings (SSSR count). The Morgan fingerprint density at radius 3 is 2.61 bits per heavy atom. The second-order valence-electron chi connectivity index (χ2n) is 4.96. The number of hydrogen-bond donors (Lipinski definition) is 1. The average Bonchev–Trinajstić information content (AvgIpc) is 2.31. The number of halogens is 1. The van der Waals surface area contributed by atoms with E-state index in [1.165, 1.54) is 6.07 Å². The Hall–Kier alpha value is -0.930. The molecule has 1 atom stereocenters.